The van der Waals surface area contributed by atoms with E-state index in [0.29, 0.717) is 17.9 Å². The van der Waals surface area contributed by atoms with Crippen molar-refractivity contribution in [3.05, 3.63) is 35.6 Å². The summed E-state index contributed by atoms with van der Waals surface area (Å²) in [5, 5.41) is 12.4. The fourth-order valence-electron chi connectivity index (χ4n) is 1.31. The van der Waals surface area contributed by atoms with Gasteiger partial charge >= 0.3 is 0 Å². The molecule has 0 aliphatic rings. The normalized spacial score (nSPS) is 13.9. The Bertz CT molecular complexity index is 406. The lowest BCUT2D eigenvalue weighted by molar-refractivity contribution is -0.119. The van der Waals surface area contributed by atoms with Crippen molar-refractivity contribution in [2.75, 3.05) is 12.3 Å². The van der Waals surface area contributed by atoms with Gasteiger partial charge in [0, 0.05) is 12.3 Å². The highest BCUT2D eigenvalue weighted by atomic mass is 32.2. The summed E-state index contributed by atoms with van der Waals surface area (Å²) < 4.78 is 12.7. The van der Waals surface area contributed by atoms with E-state index in [4.69, 9.17) is 0 Å². The maximum atomic E-state index is 12.7. The molecule has 3 nitrogen and oxygen atoms in total. The van der Waals surface area contributed by atoms with Crippen LogP contribution < -0.4 is 5.32 Å². The molecule has 0 aliphatic heterocycles. The van der Waals surface area contributed by atoms with Gasteiger partial charge in [-0.15, -0.1) is 11.8 Å². The minimum Gasteiger partial charge on any atom is -0.388 e. The Labute approximate surface area is 117 Å². The first-order valence-corrected chi connectivity index (χ1v) is 7.40. The largest absolute Gasteiger partial charge is 0.388 e. The molecule has 0 saturated carbocycles. The first kappa shape index (κ1) is 16.0. The van der Waals surface area contributed by atoms with E-state index < -0.39 is 5.60 Å². The third kappa shape index (κ3) is 6.59. The highest BCUT2D eigenvalue weighted by molar-refractivity contribution is 7.99. The van der Waals surface area contributed by atoms with E-state index in [-0.39, 0.29) is 18.3 Å². The zero-order chi connectivity index (χ0) is 14.3. The lowest BCUT2D eigenvalue weighted by Crippen LogP contribution is -2.40. The summed E-state index contributed by atoms with van der Waals surface area (Å²) in [6.07, 6.45) is 0.593. The Morgan fingerprint density at radius 3 is 2.63 bits per heavy atom. The van der Waals surface area contributed by atoms with Gasteiger partial charge in [-0.05, 0) is 31.0 Å². The molecule has 0 fully saturated rings. The average molecular weight is 285 g/mol. The average Bonchev–Trinajstić information content (AvgIpc) is 2.39. The molecule has 2 N–H and O–H groups in total. The Kier molecular flexibility index (Phi) is 6.31. The molecule has 1 aromatic rings. The van der Waals surface area contributed by atoms with E-state index in [1.807, 2.05) is 6.92 Å². The van der Waals surface area contributed by atoms with Crippen LogP contribution in [0.4, 0.5) is 4.39 Å². The summed E-state index contributed by atoms with van der Waals surface area (Å²) in [5.74, 6) is 0.642. The van der Waals surface area contributed by atoms with Crippen molar-refractivity contribution in [1.29, 1.82) is 0 Å². The van der Waals surface area contributed by atoms with Crippen molar-refractivity contribution in [3.8, 4) is 0 Å². The molecule has 5 heteroatoms. The topological polar surface area (TPSA) is 49.3 Å². The predicted molar refractivity (Wildman–Crippen MR) is 76.5 cm³/mol. The summed E-state index contributed by atoms with van der Waals surface area (Å²) in [6, 6.07) is 6.24. The van der Waals surface area contributed by atoms with Crippen LogP contribution in [-0.4, -0.2) is 28.9 Å². The number of benzene rings is 1. The molecule has 1 atom stereocenters. The minimum atomic E-state index is -0.850. The molecule has 1 unspecified atom stereocenters. The van der Waals surface area contributed by atoms with Gasteiger partial charge < -0.3 is 10.4 Å². The monoisotopic (exact) mass is 285 g/mol. The van der Waals surface area contributed by atoms with E-state index in [1.54, 1.807) is 19.1 Å². The molecule has 19 heavy (non-hydrogen) atoms. The van der Waals surface area contributed by atoms with Crippen LogP contribution in [0.5, 0.6) is 0 Å². The molecule has 0 aromatic heterocycles. The van der Waals surface area contributed by atoms with Gasteiger partial charge in [0.05, 0.1) is 11.4 Å². The highest BCUT2D eigenvalue weighted by Gasteiger charge is 2.18. The smallest absolute Gasteiger partial charge is 0.230 e. The van der Waals surface area contributed by atoms with Crippen LogP contribution in [0.15, 0.2) is 24.3 Å². The lowest BCUT2D eigenvalue weighted by Gasteiger charge is -2.21. The number of rotatable bonds is 7. The van der Waals surface area contributed by atoms with Gasteiger partial charge in [0.15, 0.2) is 0 Å². The number of halogens is 1. The fraction of sp³-hybridized carbons (Fsp3) is 0.500. The Morgan fingerprint density at radius 2 is 2.05 bits per heavy atom. The Hall–Kier alpha value is -1.07. The van der Waals surface area contributed by atoms with Crippen LogP contribution in [0.3, 0.4) is 0 Å². The maximum Gasteiger partial charge on any atom is 0.230 e. The standard InChI is InChI=1S/C14H20FNO2S/c1-3-14(2,18)10-16-13(17)9-19-8-11-4-6-12(15)7-5-11/h4-7,18H,3,8-10H2,1-2H3,(H,16,17). The lowest BCUT2D eigenvalue weighted by atomic mass is 10.0. The van der Waals surface area contributed by atoms with Gasteiger partial charge in [0.2, 0.25) is 5.91 Å². The molecule has 0 bridgehead atoms. The molecule has 1 rings (SSSR count). The van der Waals surface area contributed by atoms with E-state index in [2.05, 4.69) is 5.32 Å². The van der Waals surface area contributed by atoms with Crippen molar-refractivity contribution in [2.24, 2.45) is 0 Å². The van der Waals surface area contributed by atoms with Crippen LogP contribution in [0.25, 0.3) is 0 Å². The van der Waals surface area contributed by atoms with Crippen LogP contribution in [0.2, 0.25) is 0 Å². The Balaban J connectivity index is 2.22. The van der Waals surface area contributed by atoms with Crippen LogP contribution >= 0.6 is 11.8 Å². The van der Waals surface area contributed by atoms with Crippen LogP contribution in [-0.2, 0) is 10.5 Å². The van der Waals surface area contributed by atoms with Crippen molar-refractivity contribution < 1.29 is 14.3 Å². The molecular weight excluding hydrogens is 265 g/mol. The van der Waals surface area contributed by atoms with Gasteiger partial charge in [-0.1, -0.05) is 19.1 Å². The number of nitrogens with one attached hydrogen (secondary N) is 1. The maximum absolute atomic E-state index is 12.7. The van der Waals surface area contributed by atoms with E-state index in [9.17, 15) is 14.3 Å². The third-order valence-electron chi connectivity index (χ3n) is 2.84. The number of aliphatic hydroxyl groups is 1. The molecule has 1 amide bonds. The van der Waals surface area contributed by atoms with Crippen LogP contribution in [0, 0.1) is 5.82 Å². The van der Waals surface area contributed by atoms with Gasteiger partial charge in [0.1, 0.15) is 5.82 Å². The first-order chi connectivity index (χ1) is 8.93. The molecular formula is C14H20FNO2S. The molecule has 0 aliphatic carbocycles. The summed E-state index contributed by atoms with van der Waals surface area (Å²) >= 11 is 1.46. The van der Waals surface area contributed by atoms with Crippen LogP contribution in [0.1, 0.15) is 25.8 Å². The molecule has 1 aromatic carbocycles. The quantitative estimate of drug-likeness (QED) is 0.808. The van der Waals surface area contributed by atoms with E-state index in [0.717, 1.165) is 5.56 Å². The number of carbonyl (C=O) groups is 1. The van der Waals surface area contributed by atoms with Gasteiger partial charge in [-0.3, -0.25) is 4.79 Å². The zero-order valence-corrected chi connectivity index (χ0v) is 12.1. The van der Waals surface area contributed by atoms with Gasteiger partial charge in [-0.25, -0.2) is 4.39 Å². The predicted octanol–water partition coefficient (Wildman–Crippen LogP) is 2.34. The second-order valence-electron chi connectivity index (χ2n) is 4.75. The first-order valence-electron chi connectivity index (χ1n) is 6.24. The number of thioether (sulfide) groups is 1. The molecule has 106 valence electrons. The van der Waals surface area contributed by atoms with Gasteiger partial charge in [0.25, 0.3) is 0 Å². The molecule has 0 heterocycles. The van der Waals surface area contributed by atoms with Crippen molar-refractivity contribution >= 4 is 17.7 Å². The third-order valence-corrected chi connectivity index (χ3v) is 3.85. The minimum absolute atomic E-state index is 0.0964. The van der Waals surface area contributed by atoms with E-state index in [1.165, 1.54) is 23.9 Å². The summed E-state index contributed by atoms with van der Waals surface area (Å²) in [6.45, 7) is 3.83. The second kappa shape index (κ2) is 7.50. The zero-order valence-electron chi connectivity index (χ0n) is 11.3. The summed E-state index contributed by atoms with van der Waals surface area (Å²) in [4.78, 5) is 11.5. The SMILES string of the molecule is CCC(C)(O)CNC(=O)CSCc1ccc(F)cc1. The van der Waals surface area contributed by atoms with Crippen molar-refractivity contribution in [3.63, 3.8) is 0 Å². The van der Waals surface area contributed by atoms with E-state index >= 15 is 0 Å². The molecule has 0 saturated heterocycles. The number of hydrogen-bond donors (Lipinski definition) is 2. The summed E-state index contributed by atoms with van der Waals surface area (Å²) in [5.41, 5.74) is 0.136. The fourth-order valence-corrected chi connectivity index (χ4v) is 2.12. The number of amides is 1. The number of hydrogen-bond acceptors (Lipinski definition) is 3. The molecule has 0 radical (unpaired) electrons. The Morgan fingerprint density at radius 1 is 1.42 bits per heavy atom. The summed E-state index contributed by atoms with van der Waals surface area (Å²) in [7, 11) is 0. The highest BCUT2D eigenvalue weighted by Crippen LogP contribution is 2.12. The van der Waals surface area contributed by atoms with Crippen molar-refractivity contribution in [1.82, 2.24) is 5.32 Å². The second-order valence-corrected chi connectivity index (χ2v) is 5.73. The number of carbonyl (C=O) groups excluding carboxylic acids is 1. The van der Waals surface area contributed by atoms with Gasteiger partial charge in [-0.2, -0.15) is 0 Å². The van der Waals surface area contributed by atoms with Crippen molar-refractivity contribution in [2.45, 2.75) is 31.6 Å². The molecule has 0 spiro atoms.